The number of hydrogen-bond acceptors (Lipinski definition) is 4. The molecule has 0 saturated heterocycles. The molecule has 2 aromatic heterocycles. The second kappa shape index (κ2) is 3.52. The first-order valence-corrected chi connectivity index (χ1v) is 5.25. The molecule has 0 spiro atoms. The Morgan fingerprint density at radius 2 is 2.12 bits per heavy atom. The number of imidazole rings is 1. The van der Waals surface area contributed by atoms with Crippen molar-refractivity contribution < 1.29 is 4.74 Å². The minimum atomic E-state index is 0.621. The Morgan fingerprint density at radius 1 is 1.31 bits per heavy atom. The lowest BCUT2D eigenvalue weighted by Gasteiger charge is -2.14. The molecular formula is C11H12N4O. The van der Waals surface area contributed by atoms with Crippen LogP contribution in [0.25, 0.3) is 11.3 Å². The minimum absolute atomic E-state index is 0.621. The number of nitrogen functional groups attached to an aromatic ring is 1. The van der Waals surface area contributed by atoms with E-state index in [0.29, 0.717) is 18.4 Å². The van der Waals surface area contributed by atoms with Gasteiger partial charge in [-0.3, -0.25) is 9.55 Å². The molecule has 0 atom stereocenters. The van der Waals surface area contributed by atoms with E-state index in [2.05, 4.69) is 9.97 Å². The van der Waals surface area contributed by atoms with Crippen LogP contribution < -0.4 is 10.5 Å². The molecule has 2 aromatic rings. The van der Waals surface area contributed by atoms with Crippen molar-refractivity contribution in [1.29, 1.82) is 0 Å². The van der Waals surface area contributed by atoms with Gasteiger partial charge < -0.3 is 10.5 Å². The summed E-state index contributed by atoms with van der Waals surface area (Å²) in [5.41, 5.74) is 7.80. The number of ether oxygens (including phenoxy) is 1. The van der Waals surface area contributed by atoms with Crippen LogP contribution in [0.15, 0.2) is 24.5 Å². The maximum Gasteiger partial charge on any atom is 0.298 e. The van der Waals surface area contributed by atoms with Crippen molar-refractivity contribution in [2.75, 3.05) is 12.3 Å². The highest BCUT2D eigenvalue weighted by Crippen LogP contribution is 2.31. The number of nitrogens with zero attached hydrogens (tertiary/aromatic N) is 3. The standard InChI is InChI=1S/C11H12N4O/c12-10-9(8-2-4-13-5-3-8)14-11-15(10)6-1-7-16-11/h2-5H,1,6-7,12H2. The van der Waals surface area contributed by atoms with Crippen LogP contribution in [0, 0.1) is 0 Å². The highest BCUT2D eigenvalue weighted by Gasteiger charge is 2.19. The summed E-state index contributed by atoms with van der Waals surface area (Å²) in [6, 6.07) is 4.41. The molecule has 0 aliphatic carbocycles. The summed E-state index contributed by atoms with van der Waals surface area (Å²) in [5, 5.41) is 0. The van der Waals surface area contributed by atoms with Crippen LogP contribution >= 0.6 is 0 Å². The zero-order valence-electron chi connectivity index (χ0n) is 8.76. The van der Waals surface area contributed by atoms with Crippen molar-refractivity contribution in [3.05, 3.63) is 24.5 Å². The van der Waals surface area contributed by atoms with Gasteiger partial charge in [0.2, 0.25) is 0 Å². The Morgan fingerprint density at radius 3 is 2.88 bits per heavy atom. The van der Waals surface area contributed by atoms with Crippen LogP contribution in [0.2, 0.25) is 0 Å². The average Bonchev–Trinajstić information content (AvgIpc) is 2.69. The number of nitrogens with two attached hydrogens (primary N) is 1. The van der Waals surface area contributed by atoms with Crippen LogP contribution in [-0.2, 0) is 6.54 Å². The van der Waals surface area contributed by atoms with Gasteiger partial charge >= 0.3 is 0 Å². The van der Waals surface area contributed by atoms with Crippen molar-refractivity contribution in [3.8, 4) is 17.3 Å². The largest absolute Gasteiger partial charge is 0.465 e. The molecule has 16 heavy (non-hydrogen) atoms. The van der Waals surface area contributed by atoms with Crippen molar-refractivity contribution in [2.45, 2.75) is 13.0 Å². The molecule has 0 aromatic carbocycles. The van der Waals surface area contributed by atoms with E-state index in [-0.39, 0.29) is 0 Å². The van der Waals surface area contributed by atoms with Crippen LogP contribution in [0.4, 0.5) is 5.82 Å². The first-order chi connectivity index (χ1) is 7.86. The molecule has 0 unspecified atom stereocenters. The third-order valence-electron chi connectivity index (χ3n) is 2.68. The maximum absolute atomic E-state index is 6.06. The number of rotatable bonds is 1. The molecular weight excluding hydrogens is 204 g/mol. The Balaban J connectivity index is 2.12. The molecule has 0 radical (unpaired) electrons. The Hall–Kier alpha value is -2.04. The molecule has 3 heterocycles. The third-order valence-corrected chi connectivity index (χ3v) is 2.68. The molecule has 0 fully saturated rings. The quantitative estimate of drug-likeness (QED) is 0.780. The Bertz CT molecular complexity index is 506. The fourth-order valence-corrected chi connectivity index (χ4v) is 1.88. The van der Waals surface area contributed by atoms with Crippen molar-refractivity contribution >= 4 is 5.82 Å². The van der Waals surface area contributed by atoms with Gasteiger partial charge in [-0.15, -0.1) is 0 Å². The van der Waals surface area contributed by atoms with Gasteiger partial charge in [-0.25, -0.2) is 0 Å². The summed E-state index contributed by atoms with van der Waals surface area (Å²) in [5.74, 6) is 0.668. The molecule has 5 nitrogen and oxygen atoms in total. The van der Waals surface area contributed by atoms with Crippen molar-refractivity contribution in [3.63, 3.8) is 0 Å². The van der Waals surface area contributed by atoms with Crippen LogP contribution in [0.1, 0.15) is 6.42 Å². The van der Waals surface area contributed by atoms with Crippen molar-refractivity contribution in [2.24, 2.45) is 0 Å². The lowest BCUT2D eigenvalue weighted by atomic mass is 10.2. The van der Waals surface area contributed by atoms with Crippen LogP contribution in [0.5, 0.6) is 6.01 Å². The lowest BCUT2D eigenvalue weighted by molar-refractivity contribution is 0.232. The summed E-state index contributed by atoms with van der Waals surface area (Å²) in [6.07, 6.45) is 4.44. The van der Waals surface area contributed by atoms with Gasteiger partial charge in [0.25, 0.3) is 6.01 Å². The highest BCUT2D eigenvalue weighted by molar-refractivity contribution is 5.71. The number of aromatic nitrogens is 3. The Labute approximate surface area is 92.9 Å². The number of pyridine rings is 1. The molecule has 0 bridgehead atoms. The number of hydrogen-bond donors (Lipinski definition) is 1. The van der Waals surface area contributed by atoms with Crippen LogP contribution in [0.3, 0.4) is 0 Å². The van der Waals surface area contributed by atoms with E-state index in [1.807, 2.05) is 16.7 Å². The number of anilines is 1. The fraction of sp³-hybridized carbons (Fsp3) is 0.273. The van der Waals surface area contributed by atoms with E-state index in [0.717, 1.165) is 24.2 Å². The van der Waals surface area contributed by atoms with Crippen LogP contribution in [-0.4, -0.2) is 21.1 Å². The van der Waals surface area contributed by atoms with E-state index in [1.165, 1.54) is 0 Å². The summed E-state index contributed by atoms with van der Waals surface area (Å²) in [7, 11) is 0. The zero-order chi connectivity index (χ0) is 11.0. The molecule has 82 valence electrons. The Kier molecular flexibility index (Phi) is 2.02. The van der Waals surface area contributed by atoms with Gasteiger partial charge in [-0.1, -0.05) is 0 Å². The van der Waals surface area contributed by atoms with Crippen molar-refractivity contribution in [1.82, 2.24) is 14.5 Å². The maximum atomic E-state index is 6.06. The molecule has 0 amide bonds. The highest BCUT2D eigenvalue weighted by atomic mass is 16.5. The van der Waals surface area contributed by atoms with Gasteiger partial charge in [0.1, 0.15) is 11.5 Å². The molecule has 1 aliphatic heterocycles. The van der Waals surface area contributed by atoms with E-state index < -0.39 is 0 Å². The van der Waals surface area contributed by atoms with Gasteiger partial charge in [0.15, 0.2) is 0 Å². The lowest BCUT2D eigenvalue weighted by Crippen LogP contribution is -2.15. The SMILES string of the molecule is Nc1c(-c2ccncc2)nc2n1CCCO2. The zero-order valence-corrected chi connectivity index (χ0v) is 8.76. The van der Waals surface area contributed by atoms with Gasteiger partial charge in [-0.05, 0) is 18.6 Å². The monoisotopic (exact) mass is 216 g/mol. The van der Waals surface area contributed by atoms with E-state index in [4.69, 9.17) is 10.5 Å². The van der Waals surface area contributed by atoms with Gasteiger partial charge in [-0.2, -0.15) is 4.98 Å². The van der Waals surface area contributed by atoms with E-state index in [1.54, 1.807) is 12.4 Å². The fourth-order valence-electron chi connectivity index (χ4n) is 1.88. The van der Waals surface area contributed by atoms with E-state index >= 15 is 0 Å². The number of fused-ring (bicyclic) bond motifs is 1. The molecule has 5 heteroatoms. The molecule has 3 rings (SSSR count). The first kappa shape index (κ1) is 9.21. The summed E-state index contributed by atoms with van der Waals surface area (Å²) in [4.78, 5) is 8.38. The summed E-state index contributed by atoms with van der Waals surface area (Å²) >= 11 is 0. The first-order valence-electron chi connectivity index (χ1n) is 5.25. The minimum Gasteiger partial charge on any atom is -0.465 e. The predicted octanol–water partition coefficient (Wildman–Crippen LogP) is 1.31. The second-order valence-corrected chi connectivity index (χ2v) is 3.72. The van der Waals surface area contributed by atoms with Gasteiger partial charge in [0.05, 0.1) is 6.61 Å². The molecule has 2 N–H and O–H groups in total. The smallest absolute Gasteiger partial charge is 0.298 e. The van der Waals surface area contributed by atoms with E-state index in [9.17, 15) is 0 Å². The predicted molar refractivity (Wildman–Crippen MR) is 60.0 cm³/mol. The topological polar surface area (TPSA) is 66.0 Å². The molecule has 1 aliphatic rings. The average molecular weight is 216 g/mol. The van der Waals surface area contributed by atoms with Gasteiger partial charge in [0, 0.05) is 24.5 Å². The molecule has 0 saturated carbocycles. The second-order valence-electron chi connectivity index (χ2n) is 3.72. The normalized spacial score (nSPS) is 14.2. The summed E-state index contributed by atoms with van der Waals surface area (Å²) in [6.45, 7) is 1.59. The summed E-state index contributed by atoms with van der Waals surface area (Å²) < 4.78 is 7.38. The third kappa shape index (κ3) is 1.32.